The summed E-state index contributed by atoms with van der Waals surface area (Å²) in [7, 11) is 0. The summed E-state index contributed by atoms with van der Waals surface area (Å²) in [4.78, 5) is 2.30. The second-order valence-corrected chi connectivity index (χ2v) is 6.35. The van der Waals surface area contributed by atoms with Gasteiger partial charge in [0.25, 0.3) is 0 Å². The van der Waals surface area contributed by atoms with Gasteiger partial charge >= 0.3 is 0 Å². The summed E-state index contributed by atoms with van der Waals surface area (Å²) in [5.41, 5.74) is 6.94. The van der Waals surface area contributed by atoms with Crippen molar-refractivity contribution >= 4 is 23.1 Å². The second-order valence-electron chi connectivity index (χ2n) is 6.35. The quantitative estimate of drug-likeness (QED) is 0.362. The van der Waals surface area contributed by atoms with E-state index < -0.39 is 0 Å². The largest absolute Gasteiger partial charge is 0.310 e. The van der Waals surface area contributed by atoms with Crippen LogP contribution in [0.4, 0.5) is 17.1 Å². The molecule has 0 radical (unpaired) electrons. The lowest BCUT2D eigenvalue weighted by Crippen LogP contribution is -2.10. The molecule has 0 aliphatic heterocycles. The van der Waals surface area contributed by atoms with Crippen molar-refractivity contribution < 1.29 is 0 Å². The normalized spacial score (nSPS) is 10.4. The molecule has 0 heterocycles. The monoisotopic (exact) mass is 347 g/mol. The Kier molecular flexibility index (Phi) is 4.84. The first-order valence-corrected chi connectivity index (χ1v) is 9.09. The average molecular weight is 347 g/mol. The zero-order valence-corrected chi connectivity index (χ0v) is 15.1. The minimum absolute atomic E-state index is 1.12. The molecule has 1 heteroatoms. The predicted molar refractivity (Wildman–Crippen MR) is 117 cm³/mol. The van der Waals surface area contributed by atoms with Crippen LogP contribution in [0.1, 0.15) is 5.56 Å². The third-order valence-corrected chi connectivity index (χ3v) is 4.63. The molecule has 0 aliphatic rings. The molecule has 0 amide bonds. The lowest BCUT2D eigenvalue weighted by atomic mass is 10.0. The molecule has 0 N–H and O–H groups in total. The molecule has 4 aromatic rings. The molecule has 130 valence electrons. The van der Waals surface area contributed by atoms with Gasteiger partial charge in [0.2, 0.25) is 0 Å². The number of rotatable bonds is 5. The van der Waals surface area contributed by atoms with Gasteiger partial charge in [0.15, 0.2) is 0 Å². The van der Waals surface area contributed by atoms with Crippen molar-refractivity contribution in [3.8, 4) is 11.1 Å². The smallest absolute Gasteiger partial charge is 0.0540 e. The van der Waals surface area contributed by atoms with Crippen LogP contribution in [-0.4, -0.2) is 0 Å². The number of hydrogen-bond donors (Lipinski definition) is 0. The Hall–Kier alpha value is -3.58. The van der Waals surface area contributed by atoms with Gasteiger partial charge in [-0.2, -0.15) is 0 Å². The highest BCUT2D eigenvalue weighted by atomic mass is 15.1. The van der Waals surface area contributed by atoms with Crippen LogP contribution in [0.5, 0.6) is 0 Å². The Morgan fingerprint density at radius 1 is 0.556 bits per heavy atom. The maximum absolute atomic E-state index is 3.85. The summed E-state index contributed by atoms with van der Waals surface area (Å²) in [6.45, 7) is 3.85. The van der Waals surface area contributed by atoms with Crippen molar-refractivity contribution in [1.29, 1.82) is 0 Å². The summed E-state index contributed by atoms with van der Waals surface area (Å²) >= 11 is 0. The van der Waals surface area contributed by atoms with Gasteiger partial charge in [-0.1, -0.05) is 91.5 Å². The molecular formula is C26H21N. The van der Waals surface area contributed by atoms with Crippen molar-refractivity contribution in [3.05, 3.63) is 121 Å². The highest BCUT2D eigenvalue weighted by Crippen LogP contribution is 2.40. The van der Waals surface area contributed by atoms with E-state index in [-0.39, 0.29) is 0 Å². The predicted octanol–water partition coefficient (Wildman–Crippen LogP) is 7.47. The lowest BCUT2D eigenvalue weighted by molar-refractivity contribution is 1.28. The van der Waals surface area contributed by atoms with Crippen molar-refractivity contribution in [2.45, 2.75) is 0 Å². The molecule has 0 spiro atoms. The number of nitrogens with zero attached hydrogens (tertiary/aromatic N) is 1. The Morgan fingerprint density at radius 3 is 1.63 bits per heavy atom. The molecule has 0 saturated carbocycles. The zero-order valence-electron chi connectivity index (χ0n) is 15.1. The maximum atomic E-state index is 3.85. The van der Waals surface area contributed by atoms with Gasteiger partial charge in [0, 0.05) is 16.9 Å². The van der Waals surface area contributed by atoms with E-state index in [9.17, 15) is 0 Å². The summed E-state index contributed by atoms with van der Waals surface area (Å²) in [5, 5.41) is 0. The fraction of sp³-hybridized carbons (Fsp3) is 0. The van der Waals surface area contributed by atoms with Gasteiger partial charge in [-0.05, 0) is 41.5 Å². The molecule has 1 nitrogen and oxygen atoms in total. The lowest BCUT2D eigenvalue weighted by Gasteiger charge is -2.27. The van der Waals surface area contributed by atoms with E-state index in [4.69, 9.17) is 0 Å². The van der Waals surface area contributed by atoms with Gasteiger partial charge < -0.3 is 4.90 Å². The minimum atomic E-state index is 1.12. The topological polar surface area (TPSA) is 3.24 Å². The Bertz CT molecular complexity index is 979. The van der Waals surface area contributed by atoms with E-state index in [2.05, 4.69) is 109 Å². The van der Waals surface area contributed by atoms with Crippen LogP contribution in [0.15, 0.2) is 116 Å². The minimum Gasteiger partial charge on any atom is -0.310 e. The number of para-hydroxylation sites is 3. The van der Waals surface area contributed by atoms with Crippen LogP contribution in [0.3, 0.4) is 0 Å². The van der Waals surface area contributed by atoms with Gasteiger partial charge in [0.05, 0.1) is 5.69 Å². The maximum Gasteiger partial charge on any atom is 0.0540 e. The van der Waals surface area contributed by atoms with Crippen LogP contribution < -0.4 is 4.90 Å². The van der Waals surface area contributed by atoms with E-state index in [1.54, 1.807) is 0 Å². The molecule has 27 heavy (non-hydrogen) atoms. The van der Waals surface area contributed by atoms with E-state index in [1.807, 2.05) is 18.2 Å². The number of anilines is 3. The molecule has 0 atom stereocenters. The second kappa shape index (κ2) is 7.76. The van der Waals surface area contributed by atoms with E-state index in [1.165, 1.54) is 11.1 Å². The van der Waals surface area contributed by atoms with Crippen LogP contribution in [-0.2, 0) is 0 Å². The van der Waals surface area contributed by atoms with Crippen molar-refractivity contribution in [1.82, 2.24) is 0 Å². The molecule has 0 fully saturated rings. The van der Waals surface area contributed by atoms with Crippen LogP contribution in [0, 0.1) is 0 Å². The first-order chi connectivity index (χ1) is 13.4. The van der Waals surface area contributed by atoms with Crippen LogP contribution in [0.25, 0.3) is 17.2 Å². The third kappa shape index (κ3) is 3.54. The Labute approximate surface area is 160 Å². The van der Waals surface area contributed by atoms with Gasteiger partial charge in [-0.15, -0.1) is 0 Å². The van der Waals surface area contributed by atoms with Crippen molar-refractivity contribution in [2.75, 3.05) is 4.90 Å². The molecule has 0 aromatic heterocycles. The molecule has 0 bridgehead atoms. The van der Waals surface area contributed by atoms with Gasteiger partial charge in [-0.25, -0.2) is 0 Å². The molecule has 0 unspecified atom stereocenters. The Balaban J connectivity index is 1.89. The summed E-state index contributed by atoms with van der Waals surface area (Å²) in [5.74, 6) is 0. The fourth-order valence-electron chi connectivity index (χ4n) is 3.29. The number of hydrogen-bond acceptors (Lipinski definition) is 1. The van der Waals surface area contributed by atoms with E-state index in [0.717, 1.165) is 22.6 Å². The summed E-state index contributed by atoms with van der Waals surface area (Å²) < 4.78 is 0. The molecule has 4 aromatic carbocycles. The summed E-state index contributed by atoms with van der Waals surface area (Å²) in [6.07, 6.45) is 1.87. The molecular weight excluding hydrogens is 326 g/mol. The molecule has 4 rings (SSSR count). The van der Waals surface area contributed by atoms with E-state index >= 15 is 0 Å². The molecule has 0 aliphatic carbocycles. The standard InChI is InChI=1S/C26H21N/c1-2-21-17-19-22(20-18-21)25-15-9-10-16-26(25)27(23-11-5-3-6-12-23)24-13-7-4-8-14-24/h2-20H,1H2. The highest BCUT2D eigenvalue weighted by Gasteiger charge is 2.16. The van der Waals surface area contributed by atoms with Crippen LogP contribution in [0.2, 0.25) is 0 Å². The summed E-state index contributed by atoms with van der Waals surface area (Å²) in [6, 6.07) is 38.0. The first-order valence-electron chi connectivity index (χ1n) is 9.09. The first kappa shape index (κ1) is 16.9. The highest BCUT2D eigenvalue weighted by molar-refractivity contribution is 5.88. The average Bonchev–Trinajstić information content (AvgIpc) is 2.76. The zero-order chi connectivity index (χ0) is 18.5. The Morgan fingerprint density at radius 2 is 1.07 bits per heavy atom. The van der Waals surface area contributed by atoms with Crippen molar-refractivity contribution in [2.24, 2.45) is 0 Å². The molecule has 0 saturated heterocycles. The van der Waals surface area contributed by atoms with Crippen molar-refractivity contribution in [3.63, 3.8) is 0 Å². The third-order valence-electron chi connectivity index (χ3n) is 4.63. The van der Waals surface area contributed by atoms with Gasteiger partial charge in [0.1, 0.15) is 0 Å². The SMILES string of the molecule is C=Cc1ccc(-c2ccccc2N(c2ccccc2)c2ccccc2)cc1. The fourth-order valence-corrected chi connectivity index (χ4v) is 3.29. The van der Waals surface area contributed by atoms with Gasteiger partial charge in [-0.3, -0.25) is 0 Å². The van der Waals surface area contributed by atoms with E-state index in [0.29, 0.717) is 0 Å². The number of benzene rings is 4. The van der Waals surface area contributed by atoms with Crippen LogP contribution >= 0.6 is 0 Å².